The Morgan fingerprint density at radius 1 is 0.773 bits per heavy atom. The van der Waals surface area contributed by atoms with Crippen molar-refractivity contribution >= 4 is 17.5 Å². The molecular weight excluding hydrogens is 554 g/mol. The predicted molar refractivity (Wildman–Crippen MR) is 167 cm³/mol. The molecule has 3 aromatic carbocycles. The van der Waals surface area contributed by atoms with Gasteiger partial charge in [-0.25, -0.2) is 4.90 Å². The van der Waals surface area contributed by atoms with Crippen LogP contribution in [-0.4, -0.2) is 71.6 Å². The lowest BCUT2D eigenvalue weighted by Gasteiger charge is -2.43. The van der Waals surface area contributed by atoms with Gasteiger partial charge in [-0.05, 0) is 80.7 Å². The molecule has 0 spiro atoms. The van der Waals surface area contributed by atoms with Gasteiger partial charge in [0.2, 0.25) is 0 Å². The molecule has 230 valence electrons. The first-order chi connectivity index (χ1) is 21.5. The van der Waals surface area contributed by atoms with E-state index >= 15 is 0 Å². The summed E-state index contributed by atoms with van der Waals surface area (Å²) in [6.07, 6.45) is 4.20. The van der Waals surface area contributed by atoms with Gasteiger partial charge in [0.25, 0.3) is 11.8 Å². The number of carbonyl (C=O) groups excluding carboxylic acids is 2. The number of hydrogen-bond donors (Lipinski definition) is 1. The van der Waals surface area contributed by atoms with Gasteiger partial charge < -0.3 is 19.5 Å². The number of likely N-dealkylation sites (tertiary alicyclic amines) is 2. The number of rotatable bonds is 8. The van der Waals surface area contributed by atoms with E-state index in [-0.39, 0.29) is 36.5 Å². The minimum absolute atomic E-state index is 0.00252. The molecule has 0 radical (unpaired) electrons. The molecule has 3 saturated heterocycles. The largest absolute Gasteiger partial charge is 0.392 e. The van der Waals surface area contributed by atoms with Gasteiger partial charge in [0.15, 0.2) is 6.29 Å². The number of aliphatic hydroxyl groups is 1. The quantitative estimate of drug-likeness (QED) is 0.353. The molecule has 5 atom stereocenters. The van der Waals surface area contributed by atoms with E-state index in [2.05, 4.69) is 16.7 Å². The Morgan fingerprint density at radius 3 is 2.09 bits per heavy atom. The molecule has 3 aromatic rings. The maximum absolute atomic E-state index is 13.1. The zero-order chi connectivity index (χ0) is 30.2. The standard InChI is InChI=1S/C36H41N3O5/c1-24-32(22-38-20-6-7-29(38)21-37-18-4-5-19-37)43-36(44-33(24)26-12-10-25(23-40)11-13-26)27-14-16-28(17-15-27)39-34(41)30-8-2-3-9-31(30)35(39)42/h2-3,8-17,24,29,32-33,36,40H,4-7,18-23H2,1H3/t24-,29-,32+,33+,36+/m0/s1. The summed E-state index contributed by atoms with van der Waals surface area (Å²) in [5.74, 6) is -0.507. The maximum atomic E-state index is 13.1. The Bertz CT molecular complexity index is 1450. The Balaban J connectivity index is 1.13. The van der Waals surface area contributed by atoms with E-state index in [1.54, 1.807) is 36.4 Å². The van der Waals surface area contributed by atoms with Crippen LogP contribution < -0.4 is 4.90 Å². The van der Waals surface area contributed by atoms with Crippen LogP contribution in [0.2, 0.25) is 0 Å². The van der Waals surface area contributed by atoms with E-state index in [1.165, 1.54) is 43.7 Å². The van der Waals surface area contributed by atoms with Crippen LogP contribution in [0.25, 0.3) is 0 Å². The molecule has 4 heterocycles. The molecule has 2 amide bonds. The van der Waals surface area contributed by atoms with Crippen molar-refractivity contribution in [2.75, 3.05) is 37.6 Å². The van der Waals surface area contributed by atoms with E-state index in [9.17, 15) is 14.7 Å². The van der Waals surface area contributed by atoms with E-state index in [4.69, 9.17) is 9.47 Å². The van der Waals surface area contributed by atoms with Crippen LogP contribution >= 0.6 is 0 Å². The minimum atomic E-state index is -0.602. The average Bonchev–Trinajstić information content (AvgIpc) is 3.80. The van der Waals surface area contributed by atoms with Gasteiger partial charge in [-0.3, -0.25) is 14.5 Å². The highest BCUT2D eigenvalue weighted by Crippen LogP contribution is 2.43. The highest BCUT2D eigenvalue weighted by Gasteiger charge is 2.41. The number of ether oxygens (including phenoxy) is 2. The maximum Gasteiger partial charge on any atom is 0.266 e. The summed E-state index contributed by atoms with van der Waals surface area (Å²) in [7, 11) is 0. The highest BCUT2D eigenvalue weighted by atomic mass is 16.7. The van der Waals surface area contributed by atoms with Gasteiger partial charge in [-0.15, -0.1) is 0 Å². The van der Waals surface area contributed by atoms with Gasteiger partial charge >= 0.3 is 0 Å². The number of nitrogens with zero attached hydrogens (tertiary/aromatic N) is 3. The number of aliphatic hydroxyl groups excluding tert-OH is 1. The SMILES string of the molecule is C[C@H]1[C@@H](CN2CCC[C@H]2CN2CCCC2)O[C@@H](c2ccc(N3C(=O)c4ccccc4C3=O)cc2)O[C@H]1c1ccc(CO)cc1. The van der Waals surface area contributed by atoms with Crippen LogP contribution in [0.4, 0.5) is 5.69 Å². The van der Waals surface area contributed by atoms with E-state index in [0.717, 1.165) is 36.3 Å². The summed E-state index contributed by atoms with van der Waals surface area (Å²) in [4.78, 5) is 32.6. The molecule has 0 bridgehead atoms. The van der Waals surface area contributed by atoms with Crippen LogP contribution in [0.5, 0.6) is 0 Å². The fraction of sp³-hybridized carbons (Fsp3) is 0.444. The Labute approximate surface area is 259 Å². The molecule has 8 nitrogen and oxygen atoms in total. The third-order valence-electron chi connectivity index (χ3n) is 9.92. The zero-order valence-electron chi connectivity index (χ0n) is 25.3. The lowest BCUT2D eigenvalue weighted by molar-refractivity contribution is -0.276. The third kappa shape index (κ3) is 5.61. The van der Waals surface area contributed by atoms with Crippen molar-refractivity contribution in [2.45, 2.75) is 63.8 Å². The monoisotopic (exact) mass is 595 g/mol. The first-order valence-corrected chi connectivity index (χ1v) is 16.0. The number of fused-ring (bicyclic) bond motifs is 1. The second-order valence-corrected chi connectivity index (χ2v) is 12.7. The normalized spacial score (nSPS) is 27.8. The van der Waals surface area contributed by atoms with Gasteiger partial charge in [-0.2, -0.15) is 0 Å². The van der Waals surface area contributed by atoms with Crippen molar-refractivity contribution in [2.24, 2.45) is 5.92 Å². The molecule has 0 aliphatic carbocycles. The Morgan fingerprint density at radius 2 is 1.43 bits per heavy atom. The van der Waals surface area contributed by atoms with Gasteiger partial charge in [0.05, 0.1) is 35.6 Å². The van der Waals surface area contributed by atoms with Crippen molar-refractivity contribution in [1.82, 2.24) is 9.80 Å². The fourth-order valence-corrected chi connectivity index (χ4v) is 7.37. The van der Waals surface area contributed by atoms with Gasteiger partial charge in [0.1, 0.15) is 0 Å². The zero-order valence-corrected chi connectivity index (χ0v) is 25.3. The van der Waals surface area contributed by atoms with Crippen molar-refractivity contribution < 1.29 is 24.2 Å². The van der Waals surface area contributed by atoms with Crippen LogP contribution in [0.15, 0.2) is 72.8 Å². The lowest BCUT2D eigenvalue weighted by atomic mass is 9.90. The van der Waals surface area contributed by atoms with Crippen LogP contribution in [0.3, 0.4) is 0 Å². The van der Waals surface area contributed by atoms with Gasteiger partial charge in [-0.1, -0.05) is 55.5 Å². The fourth-order valence-electron chi connectivity index (χ4n) is 7.37. The molecule has 1 N–H and O–H groups in total. The lowest BCUT2D eigenvalue weighted by Crippen LogP contribution is -2.48. The molecular formula is C36H41N3O5. The van der Waals surface area contributed by atoms with Crippen molar-refractivity contribution in [3.05, 3.63) is 101 Å². The predicted octanol–water partition coefficient (Wildman–Crippen LogP) is 5.33. The number of hydrogen-bond acceptors (Lipinski definition) is 7. The van der Waals surface area contributed by atoms with Crippen LogP contribution in [0.1, 0.15) is 82.4 Å². The Kier molecular flexibility index (Phi) is 8.35. The number of anilines is 1. The second-order valence-electron chi connectivity index (χ2n) is 12.7. The summed E-state index contributed by atoms with van der Waals surface area (Å²) in [6, 6.07) is 22.9. The Hall–Kier alpha value is -3.40. The average molecular weight is 596 g/mol. The molecule has 0 aromatic heterocycles. The molecule has 3 fully saturated rings. The third-order valence-corrected chi connectivity index (χ3v) is 9.92. The smallest absolute Gasteiger partial charge is 0.266 e. The highest BCUT2D eigenvalue weighted by molar-refractivity contribution is 6.34. The molecule has 7 rings (SSSR count). The number of benzene rings is 3. The number of carbonyl (C=O) groups is 2. The molecule has 8 heteroatoms. The summed E-state index contributed by atoms with van der Waals surface area (Å²) < 4.78 is 13.4. The molecule has 4 aliphatic heterocycles. The van der Waals surface area contributed by atoms with E-state index in [1.807, 2.05) is 36.4 Å². The van der Waals surface area contributed by atoms with Crippen LogP contribution in [-0.2, 0) is 16.1 Å². The summed E-state index contributed by atoms with van der Waals surface area (Å²) in [6.45, 7) is 7.69. The van der Waals surface area contributed by atoms with Crippen molar-refractivity contribution in [1.29, 1.82) is 0 Å². The van der Waals surface area contributed by atoms with Crippen LogP contribution in [0, 0.1) is 5.92 Å². The molecule has 0 saturated carbocycles. The van der Waals surface area contributed by atoms with E-state index in [0.29, 0.717) is 22.9 Å². The number of amides is 2. The summed E-state index contributed by atoms with van der Waals surface area (Å²) in [5, 5.41) is 9.59. The van der Waals surface area contributed by atoms with Gasteiger partial charge in [0, 0.05) is 30.6 Å². The topological polar surface area (TPSA) is 82.6 Å². The summed E-state index contributed by atoms with van der Waals surface area (Å²) >= 11 is 0. The van der Waals surface area contributed by atoms with Crippen molar-refractivity contribution in [3.8, 4) is 0 Å². The summed E-state index contributed by atoms with van der Waals surface area (Å²) in [5.41, 5.74) is 4.15. The first kappa shape index (κ1) is 29.3. The molecule has 4 aliphatic rings. The first-order valence-electron chi connectivity index (χ1n) is 16.0. The van der Waals surface area contributed by atoms with Crippen molar-refractivity contribution in [3.63, 3.8) is 0 Å². The second kappa shape index (κ2) is 12.5. The minimum Gasteiger partial charge on any atom is -0.392 e. The number of imide groups is 1. The molecule has 0 unspecified atom stereocenters. The molecule has 44 heavy (non-hydrogen) atoms. The van der Waals surface area contributed by atoms with E-state index < -0.39 is 6.29 Å².